The van der Waals surface area contributed by atoms with E-state index in [0.29, 0.717) is 11.5 Å². The first kappa shape index (κ1) is 9.13. The number of anilines is 3. The van der Waals surface area contributed by atoms with Crippen LogP contribution in [0.4, 0.5) is 17.3 Å². The van der Waals surface area contributed by atoms with E-state index >= 15 is 0 Å². The number of nitrogens with zero attached hydrogens (tertiary/aromatic N) is 4. The Morgan fingerprint density at radius 3 is 2.13 bits per heavy atom. The molecule has 0 amide bonds. The van der Waals surface area contributed by atoms with E-state index < -0.39 is 0 Å². The molecule has 2 aromatic heterocycles. The molecule has 7 heteroatoms. The van der Waals surface area contributed by atoms with E-state index in [4.69, 9.17) is 17.2 Å². The van der Waals surface area contributed by atoms with Crippen molar-refractivity contribution in [2.45, 2.75) is 0 Å². The lowest BCUT2D eigenvalue weighted by molar-refractivity contribution is 1.12. The average molecular weight is 203 g/mol. The highest BCUT2D eigenvalue weighted by atomic mass is 15.0. The molecule has 0 atom stereocenters. The van der Waals surface area contributed by atoms with Gasteiger partial charge in [0.1, 0.15) is 11.4 Å². The van der Waals surface area contributed by atoms with Crippen molar-refractivity contribution in [3.8, 4) is 11.5 Å². The summed E-state index contributed by atoms with van der Waals surface area (Å²) in [7, 11) is 0. The SMILES string of the molecule is Nc1nc(-c2cnccn2)nc(N)c1N. The molecule has 2 heterocycles. The molecule has 0 aliphatic heterocycles. The molecule has 6 N–H and O–H groups in total. The third kappa shape index (κ3) is 1.62. The van der Waals surface area contributed by atoms with Crippen molar-refractivity contribution in [1.82, 2.24) is 19.9 Å². The minimum atomic E-state index is 0.142. The van der Waals surface area contributed by atoms with Gasteiger partial charge in [-0.15, -0.1) is 0 Å². The van der Waals surface area contributed by atoms with Crippen molar-refractivity contribution < 1.29 is 0 Å². The van der Waals surface area contributed by atoms with Gasteiger partial charge in [-0.2, -0.15) is 0 Å². The summed E-state index contributed by atoms with van der Waals surface area (Å²) in [5, 5.41) is 0. The van der Waals surface area contributed by atoms with Gasteiger partial charge in [-0.25, -0.2) is 15.0 Å². The van der Waals surface area contributed by atoms with Gasteiger partial charge in [-0.05, 0) is 0 Å². The second-order valence-electron chi connectivity index (χ2n) is 2.82. The molecule has 0 saturated carbocycles. The van der Waals surface area contributed by atoms with Crippen molar-refractivity contribution in [3.05, 3.63) is 18.6 Å². The molecule has 2 aromatic rings. The summed E-state index contributed by atoms with van der Waals surface area (Å²) in [6.45, 7) is 0. The quantitative estimate of drug-likeness (QED) is 0.579. The molecule has 2 rings (SSSR count). The Hall–Kier alpha value is -2.44. The summed E-state index contributed by atoms with van der Waals surface area (Å²) in [5.41, 5.74) is 17.3. The summed E-state index contributed by atoms with van der Waals surface area (Å²) >= 11 is 0. The Morgan fingerprint density at radius 1 is 0.933 bits per heavy atom. The predicted molar refractivity (Wildman–Crippen MR) is 56.3 cm³/mol. The van der Waals surface area contributed by atoms with Gasteiger partial charge in [0.25, 0.3) is 0 Å². The fourth-order valence-corrected chi connectivity index (χ4v) is 1.03. The molecule has 0 radical (unpaired) electrons. The van der Waals surface area contributed by atoms with Crippen LogP contribution in [0.15, 0.2) is 18.6 Å². The normalized spacial score (nSPS) is 10.1. The Labute approximate surface area is 85.4 Å². The second-order valence-corrected chi connectivity index (χ2v) is 2.82. The van der Waals surface area contributed by atoms with E-state index in [-0.39, 0.29) is 17.3 Å². The zero-order chi connectivity index (χ0) is 10.8. The maximum Gasteiger partial charge on any atom is 0.183 e. The largest absolute Gasteiger partial charge is 0.393 e. The summed E-state index contributed by atoms with van der Waals surface area (Å²) < 4.78 is 0. The zero-order valence-electron chi connectivity index (χ0n) is 7.75. The Morgan fingerprint density at radius 2 is 1.60 bits per heavy atom. The van der Waals surface area contributed by atoms with Gasteiger partial charge < -0.3 is 17.2 Å². The van der Waals surface area contributed by atoms with Crippen molar-refractivity contribution in [3.63, 3.8) is 0 Å². The van der Waals surface area contributed by atoms with Crippen molar-refractivity contribution in [1.29, 1.82) is 0 Å². The van der Waals surface area contributed by atoms with E-state index in [0.717, 1.165) is 0 Å². The molecule has 0 bridgehead atoms. The smallest absolute Gasteiger partial charge is 0.183 e. The second kappa shape index (κ2) is 3.37. The Kier molecular flexibility index (Phi) is 2.05. The summed E-state index contributed by atoms with van der Waals surface area (Å²) in [5.74, 6) is 0.596. The standard InChI is InChI=1S/C8H9N7/c9-5-6(10)14-8(15-7(5)11)4-3-12-1-2-13-4/h1-3H,9H2,(H4,10,11,14,15). The lowest BCUT2D eigenvalue weighted by atomic mass is 10.3. The molecule has 0 saturated heterocycles. The number of aromatic nitrogens is 4. The first-order valence-corrected chi connectivity index (χ1v) is 4.13. The molecule has 15 heavy (non-hydrogen) atoms. The minimum absolute atomic E-state index is 0.142. The lowest BCUT2D eigenvalue weighted by Gasteiger charge is -2.04. The molecule has 0 aliphatic rings. The van der Waals surface area contributed by atoms with Gasteiger partial charge in [0.2, 0.25) is 0 Å². The number of nitrogen functional groups attached to an aromatic ring is 3. The molecule has 76 valence electrons. The predicted octanol–water partition coefficient (Wildman–Crippen LogP) is -0.320. The fourth-order valence-electron chi connectivity index (χ4n) is 1.03. The highest BCUT2D eigenvalue weighted by molar-refractivity contribution is 5.73. The maximum atomic E-state index is 5.55. The number of rotatable bonds is 1. The van der Waals surface area contributed by atoms with Crippen LogP contribution in [-0.2, 0) is 0 Å². The summed E-state index contributed by atoms with van der Waals surface area (Å²) in [6, 6.07) is 0. The molecule has 0 aromatic carbocycles. The zero-order valence-corrected chi connectivity index (χ0v) is 7.75. The molecule has 0 unspecified atom stereocenters. The van der Waals surface area contributed by atoms with Crippen LogP contribution in [-0.4, -0.2) is 19.9 Å². The summed E-state index contributed by atoms with van der Waals surface area (Å²) in [4.78, 5) is 15.8. The number of hydrogen-bond acceptors (Lipinski definition) is 7. The lowest BCUT2D eigenvalue weighted by Crippen LogP contribution is -2.07. The van der Waals surface area contributed by atoms with Gasteiger partial charge in [-0.3, -0.25) is 4.98 Å². The van der Waals surface area contributed by atoms with E-state index in [2.05, 4.69) is 19.9 Å². The fraction of sp³-hybridized carbons (Fsp3) is 0. The van der Waals surface area contributed by atoms with Crippen LogP contribution >= 0.6 is 0 Å². The molecule has 0 fully saturated rings. The summed E-state index contributed by atoms with van der Waals surface area (Å²) in [6.07, 6.45) is 4.60. The van der Waals surface area contributed by atoms with Gasteiger partial charge in [0.15, 0.2) is 17.5 Å². The highest BCUT2D eigenvalue weighted by Gasteiger charge is 2.09. The monoisotopic (exact) mass is 203 g/mol. The van der Waals surface area contributed by atoms with Crippen LogP contribution in [0.3, 0.4) is 0 Å². The molecular weight excluding hydrogens is 194 g/mol. The molecule has 0 aliphatic carbocycles. The van der Waals surface area contributed by atoms with Gasteiger partial charge in [0, 0.05) is 12.4 Å². The molecular formula is C8H9N7. The first-order valence-electron chi connectivity index (χ1n) is 4.13. The third-order valence-corrected chi connectivity index (χ3v) is 1.80. The van der Waals surface area contributed by atoms with Gasteiger partial charge in [-0.1, -0.05) is 0 Å². The maximum absolute atomic E-state index is 5.55. The molecule has 7 nitrogen and oxygen atoms in total. The van der Waals surface area contributed by atoms with E-state index in [1.807, 2.05) is 0 Å². The third-order valence-electron chi connectivity index (χ3n) is 1.80. The number of nitrogens with two attached hydrogens (primary N) is 3. The Bertz CT molecular complexity index is 459. The number of hydrogen-bond donors (Lipinski definition) is 3. The highest BCUT2D eigenvalue weighted by Crippen LogP contribution is 2.21. The van der Waals surface area contributed by atoms with Crippen molar-refractivity contribution in [2.75, 3.05) is 17.2 Å². The van der Waals surface area contributed by atoms with E-state index in [1.165, 1.54) is 12.4 Å². The van der Waals surface area contributed by atoms with E-state index in [1.54, 1.807) is 6.20 Å². The molecule has 0 spiro atoms. The first-order chi connectivity index (χ1) is 7.18. The van der Waals surface area contributed by atoms with Crippen LogP contribution in [0.5, 0.6) is 0 Å². The van der Waals surface area contributed by atoms with Crippen molar-refractivity contribution >= 4 is 17.3 Å². The van der Waals surface area contributed by atoms with Crippen LogP contribution in [0, 0.1) is 0 Å². The van der Waals surface area contributed by atoms with Gasteiger partial charge >= 0.3 is 0 Å². The average Bonchev–Trinajstić information content (AvgIpc) is 2.26. The topological polar surface area (TPSA) is 130 Å². The van der Waals surface area contributed by atoms with Gasteiger partial charge in [0.05, 0.1) is 6.20 Å². The van der Waals surface area contributed by atoms with Crippen molar-refractivity contribution in [2.24, 2.45) is 0 Å². The van der Waals surface area contributed by atoms with E-state index in [9.17, 15) is 0 Å². The van der Waals surface area contributed by atoms with Crippen LogP contribution in [0.1, 0.15) is 0 Å². The Balaban J connectivity index is 2.56. The minimum Gasteiger partial charge on any atom is -0.393 e. The van der Waals surface area contributed by atoms with Crippen LogP contribution < -0.4 is 17.2 Å². The van der Waals surface area contributed by atoms with Crippen LogP contribution in [0.2, 0.25) is 0 Å². The van der Waals surface area contributed by atoms with Crippen LogP contribution in [0.25, 0.3) is 11.5 Å².